The number of carbonyl (C=O) groups is 1. The van der Waals surface area contributed by atoms with Crippen LogP contribution >= 0.6 is 0 Å². The van der Waals surface area contributed by atoms with E-state index in [2.05, 4.69) is 5.32 Å². The Hall–Kier alpha value is -0.410. The zero-order valence-electron chi connectivity index (χ0n) is 5.21. The molecule has 1 fully saturated rings. The Morgan fingerprint density at radius 3 is 2.89 bits per heavy atom. The lowest BCUT2D eigenvalue weighted by molar-refractivity contribution is -0.112. The number of rotatable bonds is 1. The summed E-state index contributed by atoms with van der Waals surface area (Å²) in [6, 6.07) is -0.321. The summed E-state index contributed by atoms with van der Waals surface area (Å²) in [7, 11) is 0. The van der Waals surface area contributed by atoms with Crippen LogP contribution < -0.4 is 5.32 Å². The van der Waals surface area contributed by atoms with Crippen LogP contribution in [0, 0.1) is 0 Å². The normalized spacial score (nSPS) is 36.1. The quantitative estimate of drug-likeness (QED) is 0.460. The molecule has 0 bridgehead atoms. The molecule has 0 aromatic carbocycles. The van der Waals surface area contributed by atoms with E-state index in [1.165, 1.54) is 0 Å². The fourth-order valence-corrected chi connectivity index (χ4v) is 1.03. The minimum Gasteiger partial charge on any atom is -0.391 e. The molecule has 0 aliphatic carbocycles. The Bertz CT molecular complexity index is 105. The van der Waals surface area contributed by atoms with E-state index in [-0.39, 0.29) is 6.04 Å². The number of aldehydes is 1. The summed E-state index contributed by atoms with van der Waals surface area (Å²) >= 11 is 0. The standard InChI is InChI=1S/C6H11NO2/c8-4-5-6(9)2-1-3-7-5/h4-7,9H,1-3H2. The molecule has 1 rings (SSSR count). The Balaban J connectivity index is 2.38. The van der Waals surface area contributed by atoms with Gasteiger partial charge in [-0.1, -0.05) is 0 Å². The highest BCUT2D eigenvalue weighted by Gasteiger charge is 2.20. The van der Waals surface area contributed by atoms with Crippen LogP contribution in [0.3, 0.4) is 0 Å². The van der Waals surface area contributed by atoms with E-state index >= 15 is 0 Å². The third kappa shape index (κ3) is 1.50. The van der Waals surface area contributed by atoms with Crippen LogP contribution in [0.25, 0.3) is 0 Å². The number of nitrogens with one attached hydrogen (secondary N) is 1. The summed E-state index contributed by atoms with van der Waals surface area (Å²) in [6.07, 6.45) is 2.02. The molecule has 1 aliphatic heterocycles. The van der Waals surface area contributed by atoms with E-state index in [0.717, 1.165) is 25.7 Å². The van der Waals surface area contributed by atoms with Gasteiger partial charge in [-0.3, -0.25) is 0 Å². The van der Waals surface area contributed by atoms with Gasteiger partial charge in [-0.2, -0.15) is 0 Å². The number of aliphatic hydroxyl groups is 1. The molecule has 2 N–H and O–H groups in total. The van der Waals surface area contributed by atoms with Crippen molar-refractivity contribution < 1.29 is 9.90 Å². The van der Waals surface area contributed by atoms with Crippen LogP contribution in [0.15, 0.2) is 0 Å². The molecule has 2 atom stereocenters. The smallest absolute Gasteiger partial charge is 0.139 e. The predicted molar refractivity (Wildman–Crippen MR) is 33.1 cm³/mol. The van der Waals surface area contributed by atoms with Gasteiger partial charge in [0.2, 0.25) is 0 Å². The van der Waals surface area contributed by atoms with Crippen molar-refractivity contribution in [1.82, 2.24) is 5.32 Å². The molecule has 1 aliphatic rings. The van der Waals surface area contributed by atoms with Crippen molar-refractivity contribution in [3.8, 4) is 0 Å². The van der Waals surface area contributed by atoms with Gasteiger partial charge in [0, 0.05) is 0 Å². The third-order valence-corrected chi connectivity index (χ3v) is 1.62. The fourth-order valence-electron chi connectivity index (χ4n) is 1.03. The molecule has 0 saturated carbocycles. The van der Waals surface area contributed by atoms with E-state index in [9.17, 15) is 4.79 Å². The molecule has 52 valence electrons. The molecule has 2 unspecified atom stereocenters. The van der Waals surface area contributed by atoms with Crippen molar-refractivity contribution in [3.63, 3.8) is 0 Å². The summed E-state index contributed by atoms with van der Waals surface area (Å²) in [5, 5.41) is 12.0. The number of hydrogen-bond donors (Lipinski definition) is 2. The van der Waals surface area contributed by atoms with E-state index in [4.69, 9.17) is 5.11 Å². The maximum absolute atomic E-state index is 10.1. The van der Waals surface area contributed by atoms with Gasteiger partial charge >= 0.3 is 0 Å². The SMILES string of the molecule is O=CC1NCCCC1O. The van der Waals surface area contributed by atoms with Gasteiger partial charge in [-0.05, 0) is 19.4 Å². The fraction of sp³-hybridized carbons (Fsp3) is 0.833. The minimum atomic E-state index is -0.462. The van der Waals surface area contributed by atoms with Crippen molar-refractivity contribution in [2.24, 2.45) is 0 Å². The number of hydrogen-bond acceptors (Lipinski definition) is 3. The van der Waals surface area contributed by atoms with Crippen LogP contribution in [0.2, 0.25) is 0 Å². The lowest BCUT2D eigenvalue weighted by atomic mass is 10.0. The summed E-state index contributed by atoms with van der Waals surface area (Å²) in [5.41, 5.74) is 0. The first kappa shape index (κ1) is 6.71. The van der Waals surface area contributed by atoms with Gasteiger partial charge in [0.05, 0.1) is 12.1 Å². The first-order chi connectivity index (χ1) is 4.34. The second kappa shape index (κ2) is 2.94. The molecule has 0 aromatic heterocycles. The maximum Gasteiger partial charge on any atom is 0.139 e. The van der Waals surface area contributed by atoms with Gasteiger partial charge in [-0.25, -0.2) is 0 Å². The zero-order chi connectivity index (χ0) is 6.69. The Labute approximate surface area is 54.1 Å². The highest BCUT2D eigenvalue weighted by atomic mass is 16.3. The molecule has 3 nitrogen and oxygen atoms in total. The largest absolute Gasteiger partial charge is 0.391 e. The summed E-state index contributed by atoms with van der Waals surface area (Å²) in [6.45, 7) is 0.848. The second-order valence-electron chi connectivity index (χ2n) is 2.33. The highest BCUT2D eigenvalue weighted by Crippen LogP contribution is 2.05. The molecule has 3 heteroatoms. The lowest BCUT2D eigenvalue weighted by Gasteiger charge is -2.23. The second-order valence-corrected chi connectivity index (χ2v) is 2.33. The van der Waals surface area contributed by atoms with Crippen LogP contribution in [-0.2, 0) is 4.79 Å². The van der Waals surface area contributed by atoms with Crippen LogP contribution in [0.1, 0.15) is 12.8 Å². The monoisotopic (exact) mass is 129 g/mol. The van der Waals surface area contributed by atoms with Crippen LogP contribution in [0.5, 0.6) is 0 Å². The summed E-state index contributed by atoms with van der Waals surface area (Å²) < 4.78 is 0. The average Bonchev–Trinajstić information content (AvgIpc) is 1.89. The van der Waals surface area contributed by atoms with Gasteiger partial charge in [0.25, 0.3) is 0 Å². The topological polar surface area (TPSA) is 49.3 Å². The van der Waals surface area contributed by atoms with Crippen LogP contribution in [-0.4, -0.2) is 30.1 Å². The van der Waals surface area contributed by atoms with E-state index < -0.39 is 6.10 Å². The van der Waals surface area contributed by atoms with E-state index in [0.29, 0.717) is 0 Å². The molecule has 0 radical (unpaired) electrons. The third-order valence-electron chi connectivity index (χ3n) is 1.62. The maximum atomic E-state index is 10.1. The van der Waals surface area contributed by atoms with Crippen molar-refractivity contribution in [2.45, 2.75) is 25.0 Å². The van der Waals surface area contributed by atoms with Gasteiger partial charge < -0.3 is 15.2 Å². The minimum absolute atomic E-state index is 0.321. The first-order valence-corrected chi connectivity index (χ1v) is 3.21. The van der Waals surface area contributed by atoms with Crippen molar-refractivity contribution in [2.75, 3.05) is 6.54 Å². The van der Waals surface area contributed by atoms with Crippen molar-refractivity contribution >= 4 is 6.29 Å². The first-order valence-electron chi connectivity index (χ1n) is 3.21. The lowest BCUT2D eigenvalue weighted by Crippen LogP contribution is -2.45. The van der Waals surface area contributed by atoms with Crippen molar-refractivity contribution in [1.29, 1.82) is 0 Å². The Kier molecular flexibility index (Phi) is 2.19. The van der Waals surface area contributed by atoms with Gasteiger partial charge in [-0.15, -0.1) is 0 Å². The molecule has 1 saturated heterocycles. The molecule has 0 aromatic rings. The van der Waals surface area contributed by atoms with Crippen LogP contribution in [0.4, 0.5) is 0 Å². The predicted octanol–water partition coefficient (Wildman–Crippen LogP) is -0.702. The number of carbonyl (C=O) groups excluding carboxylic acids is 1. The molecule has 9 heavy (non-hydrogen) atoms. The number of aliphatic hydroxyl groups excluding tert-OH is 1. The van der Waals surface area contributed by atoms with Crippen molar-refractivity contribution in [3.05, 3.63) is 0 Å². The van der Waals surface area contributed by atoms with Gasteiger partial charge in [0.15, 0.2) is 0 Å². The van der Waals surface area contributed by atoms with E-state index in [1.807, 2.05) is 0 Å². The molecule has 0 amide bonds. The zero-order valence-corrected chi connectivity index (χ0v) is 5.21. The average molecular weight is 129 g/mol. The highest BCUT2D eigenvalue weighted by molar-refractivity contribution is 5.58. The molecular weight excluding hydrogens is 118 g/mol. The summed E-state index contributed by atoms with van der Waals surface area (Å²) in [5.74, 6) is 0. The number of piperidine rings is 1. The molecular formula is C6H11NO2. The summed E-state index contributed by atoms with van der Waals surface area (Å²) in [4.78, 5) is 10.1. The van der Waals surface area contributed by atoms with Gasteiger partial charge in [0.1, 0.15) is 6.29 Å². The Morgan fingerprint density at radius 1 is 1.67 bits per heavy atom. The molecule has 0 spiro atoms. The van der Waals surface area contributed by atoms with E-state index in [1.54, 1.807) is 0 Å². The Morgan fingerprint density at radius 2 is 2.44 bits per heavy atom. The molecule has 1 heterocycles.